The maximum Gasteiger partial charge on any atom is 0.409 e. The van der Waals surface area contributed by atoms with Crippen LogP contribution in [0, 0.1) is 6.92 Å². The van der Waals surface area contributed by atoms with Gasteiger partial charge in [0.05, 0.1) is 7.11 Å². The molecular weight excluding hydrogens is 324 g/mol. The molecule has 2 amide bonds. The molecule has 1 N–H and O–H groups in total. The van der Waals surface area contributed by atoms with Gasteiger partial charge in [-0.05, 0) is 31.0 Å². The van der Waals surface area contributed by atoms with E-state index in [1.807, 2.05) is 19.1 Å². The number of rotatable bonds is 2. The van der Waals surface area contributed by atoms with Gasteiger partial charge in [0, 0.05) is 29.2 Å². The molecule has 1 fully saturated rings. The molecule has 0 radical (unpaired) electrons. The molecule has 1 atom stereocenters. The minimum absolute atomic E-state index is 0.0278. The van der Waals surface area contributed by atoms with Gasteiger partial charge in [0.1, 0.15) is 0 Å². The maximum absolute atomic E-state index is 12.3. The standard InChI is InChI=1S/C14H17BrN2O3/c1-9-11(4-3-5-12(9)15)13(18)16-10-6-7-17(8-10)14(19)20-2/h3-5,10H,6-8H2,1-2H3,(H,16,18)/t10-/m0/s1. The van der Waals surface area contributed by atoms with Crippen LogP contribution < -0.4 is 5.32 Å². The van der Waals surface area contributed by atoms with E-state index in [9.17, 15) is 9.59 Å². The summed E-state index contributed by atoms with van der Waals surface area (Å²) in [5, 5.41) is 2.96. The van der Waals surface area contributed by atoms with Gasteiger partial charge in [0.25, 0.3) is 5.91 Å². The Morgan fingerprint density at radius 1 is 1.45 bits per heavy atom. The zero-order valence-corrected chi connectivity index (χ0v) is 13.1. The smallest absolute Gasteiger partial charge is 0.409 e. The number of carbonyl (C=O) groups is 2. The van der Waals surface area contributed by atoms with Gasteiger partial charge in [-0.25, -0.2) is 4.79 Å². The van der Waals surface area contributed by atoms with Crippen LogP contribution in [0.1, 0.15) is 22.3 Å². The van der Waals surface area contributed by atoms with E-state index in [-0.39, 0.29) is 18.0 Å². The molecule has 1 aromatic rings. The predicted molar refractivity (Wildman–Crippen MR) is 78.7 cm³/mol. The number of benzene rings is 1. The lowest BCUT2D eigenvalue weighted by molar-refractivity contribution is 0.0933. The van der Waals surface area contributed by atoms with E-state index < -0.39 is 0 Å². The first-order chi connectivity index (χ1) is 9.52. The van der Waals surface area contributed by atoms with Crippen LogP contribution in [0.25, 0.3) is 0 Å². The number of methoxy groups -OCH3 is 1. The van der Waals surface area contributed by atoms with Crippen LogP contribution in [0.4, 0.5) is 4.79 Å². The van der Waals surface area contributed by atoms with Gasteiger partial charge in [-0.2, -0.15) is 0 Å². The molecule has 108 valence electrons. The molecule has 6 heteroatoms. The molecule has 0 aliphatic carbocycles. The van der Waals surface area contributed by atoms with Crippen LogP contribution in [0.5, 0.6) is 0 Å². The molecule has 5 nitrogen and oxygen atoms in total. The van der Waals surface area contributed by atoms with Crippen molar-refractivity contribution >= 4 is 27.9 Å². The Bertz CT molecular complexity index is 533. The summed E-state index contributed by atoms with van der Waals surface area (Å²) in [4.78, 5) is 25.2. The van der Waals surface area contributed by atoms with Crippen molar-refractivity contribution in [1.82, 2.24) is 10.2 Å². The Kier molecular flexibility index (Phi) is 4.65. The lowest BCUT2D eigenvalue weighted by Crippen LogP contribution is -2.38. The van der Waals surface area contributed by atoms with Gasteiger partial charge in [0.15, 0.2) is 0 Å². The SMILES string of the molecule is COC(=O)N1CC[C@H](NC(=O)c2cccc(Br)c2C)C1. The second-order valence-corrected chi connectivity index (χ2v) is 5.64. The fourth-order valence-corrected chi connectivity index (χ4v) is 2.66. The highest BCUT2D eigenvalue weighted by Gasteiger charge is 2.28. The Hall–Kier alpha value is -1.56. The van der Waals surface area contributed by atoms with Crippen molar-refractivity contribution in [3.63, 3.8) is 0 Å². The van der Waals surface area contributed by atoms with Crippen molar-refractivity contribution in [2.75, 3.05) is 20.2 Å². The normalized spacial score (nSPS) is 17.9. The topological polar surface area (TPSA) is 58.6 Å². The quantitative estimate of drug-likeness (QED) is 0.898. The highest BCUT2D eigenvalue weighted by molar-refractivity contribution is 9.10. The number of nitrogens with one attached hydrogen (secondary N) is 1. The van der Waals surface area contributed by atoms with Crippen LogP contribution in [0.15, 0.2) is 22.7 Å². The second-order valence-electron chi connectivity index (χ2n) is 4.79. The van der Waals surface area contributed by atoms with Gasteiger partial charge in [-0.3, -0.25) is 4.79 Å². The van der Waals surface area contributed by atoms with Crippen LogP contribution in [-0.4, -0.2) is 43.1 Å². The number of amides is 2. The summed E-state index contributed by atoms with van der Waals surface area (Å²) in [7, 11) is 1.36. The first-order valence-corrected chi connectivity index (χ1v) is 7.21. The number of ether oxygens (including phenoxy) is 1. The summed E-state index contributed by atoms with van der Waals surface area (Å²) >= 11 is 3.42. The molecule has 1 aliphatic rings. The van der Waals surface area contributed by atoms with Crippen molar-refractivity contribution in [1.29, 1.82) is 0 Å². The maximum atomic E-state index is 12.3. The Balaban J connectivity index is 1.99. The second kappa shape index (κ2) is 6.26. The van der Waals surface area contributed by atoms with Crippen molar-refractivity contribution in [3.8, 4) is 0 Å². The number of halogens is 1. The van der Waals surface area contributed by atoms with E-state index in [0.29, 0.717) is 18.7 Å². The third-order valence-electron chi connectivity index (χ3n) is 3.47. The number of hydrogen-bond acceptors (Lipinski definition) is 3. The van der Waals surface area contributed by atoms with Crippen molar-refractivity contribution in [2.24, 2.45) is 0 Å². The predicted octanol–water partition coefficient (Wildman–Crippen LogP) is 2.33. The lowest BCUT2D eigenvalue weighted by Gasteiger charge is -2.16. The third kappa shape index (κ3) is 3.12. The largest absolute Gasteiger partial charge is 0.453 e. The fraction of sp³-hybridized carbons (Fsp3) is 0.429. The Morgan fingerprint density at radius 3 is 2.90 bits per heavy atom. The summed E-state index contributed by atoms with van der Waals surface area (Å²) in [6.45, 7) is 2.99. The summed E-state index contributed by atoms with van der Waals surface area (Å²) in [6.07, 6.45) is 0.397. The average Bonchev–Trinajstić information content (AvgIpc) is 2.89. The highest BCUT2D eigenvalue weighted by Crippen LogP contribution is 2.20. The zero-order valence-electron chi connectivity index (χ0n) is 11.5. The zero-order chi connectivity index (χ0) is 14.7. The number of carbonyl (C=O) groups excluding carboxylic acids is 2. The first kappa shape index (κ1) is 14.8. The molecule has 20 heavy (non-hydrogen) atoms. The molecule has 1 aromatic carbocycles. The van der Waals surface area contributed by atoms with E-state index >= 15 is 0 Å². The van der Waals surface area contributed by atoms with E-state index in [1.54, 1.807) is 11.0 Å². The van der Waals surface area contributed by atoms with E-state index in [4.69, 9.17) is 0 Å². The molecule has 0 aromatic heterocycles. The molecule has 2 rings (SSSR count). The molecule has 0 spiro atoms. The summed E-state index contributed by atoms with van der Waals surface area (Å²) < 4.78 is 5.58. The molecule has 0 saturated carbocycles. The van der Waals surface area contributed by atoms with Crippen LogP contribution in [-0.2, 0) is 4.74 Å². The van der Waals surface area contributed by atoms with Gasteiger partial charge in [0.2, 0.25) is 0 Å². The van der Waals surface area contributed by atoms with Crippen LogP contribution >= 0.6 is 15.9 Å². The number of hydrogen-bond donors (Lipinski definition) is 1. The van der Waals surface area contributed by atoms with Gasteiger partial charge < -0.3 is 15.0 Å². The summed E-state index contributed by atoms with van der Waals surface area (Å²) in [6, 6.07) is 5.50. The van der Waals surface area contributed by atoms with Crippen molar-refractivity contribution < 1.29 is 14.3 Å². The number of likely N-dealkylation sites (tertiary alicyclic amines) is 1. The highest BCUT2D eigenvalue weighted by atomic mass is 79.9. The third-order valence-corrected chi connectivity index (χ3v) is 4.33. The Morgan fingerprint density at radius 2 is 2.20 bits per heavy atom. The fourth-order valence-electron chi connectivity index (χ4n) is 2.29. The van der Waals surface area contributed by atoms with E-state index in [2.05, 4.69) is 26.0 Å². The molecule has 1 heterocycles. The summed E-state index contributed by atoms with van der Waals surface area (Å²) in [5.74, 6) is -0.111. The minimum Gasteiger partial charge on any atom is -0.453 e. The van der Waals surface area contributed by atoms with Crippen LogP contribution in [0.3, 0.4) is 0 Å². The molecule has 0 unspecified atom stereocenters. The van der Waals surface area contributed by atoms with Crippen LogP contribution in [0.2, 0.25) is 0 Å². The van der Waals surface area contributed by atoms with E-state index in [1.165, 1.54) is 7.11 Å². The lowest BCUT2D eigenvalue weighted by atomic mass is 10.1. The molecule has 1 saturated heterocycles. The van der Waals surface area contributed by atoms with Gasteiger partial charge in [-0.15, -0.1) is 0 Å². The average molecular weight is 341 g/mol. The van der Waals surface area contributed by atoms with Crippen molar-refractivity contribution in [3.05, 3.63) is 33.8 Å². The van der Waals surface area contributed by atoms with Crippen molar-refractivity contribution in [2.45, 2.75) is 19.4 Å². The Labute approximate surface area is 126 Å². The molecule has 0 bridgehead atoms. The monoisotopic (exact) mass is 340 g/mol. The minimum atomic E-state index is -0.347. The molecule has 1 aliphatic heterocycles. The first-order valence-electron chi connectivity index (χ1n) is 6.41. The van der Waals surface area contributed by atoms with E-state index in [0.717, 1.165) is 16.5 Å². The summed E-state index contributed by atoms with van der Waals surface area (Å²) in [5.41, 5.74) is 1.56. The van der Waals surface area contributed by atoms with Gasteiger partial charge in [-0.1, -0.05) is 22.0 Å². The molecular formula is C14H17BrN2O3. The van der Waals surface area contributed by atoms with Gasteiger partial charge >= 0.3 is 6.09 Å². The number of nitrogens with zero attached hydrogens (tertiary/aromatic N) is 1.